The zero-order chi connectivity index (χ0) is 9.47. The van der Waals surface area contributed by atoms with Crippen LogP contribution in [0.15, 0.2) is 28.9 Å². The van der Waals surface area contributed by atoms with Crippen LogP contribution in [0, 0.1) is 11.3 Å². The maximum Gasteiger partial charge on any atom is 0.194 e. The Hall–Kier alpha value is -1.05. The zero-order valence-electron chi connectivity index (χ0n) is 8.37. The molecule has 0 aromatic rings. The first-order chi connectivity index (χ1) is 6.16. The van der Waals surface area contributed by atoms with Gasteiger partial charge in [-0.25, -0.2) is 4.99 Å². The second kappa shape index (κ2) is 2.72. The molecule has 1 aliphatic carbocycles. The van der Waals surface area contributed by atoms with E-state index in [0.29, 0.717) is 5.92 Å². The molecule has 0 aromatic heterocycles. The SMILES string of the molecule is COC1=N/C(C)=C\C=C/[C@H]2C[C@@]12C. The zero-order valence-corrected chi connectivity index (χ0v) is 8.37. The molecule has 0 saturated heterocycles. The highest BCUT2D eigenvalue weighted by Crippen LogP contribution is 2.54. The Morgan fingerprint density at radius 2 is 2.38 bits per heavy atom. The van der Waals surface area contributed by atoms with Crippen molar-refractivity contribution < 1.29 is 4.74 Å². The monoisotopic (exact) mass is 177 g/mol. The van der Waals surface area contributed by atoms with Crippen LogP contribution in [0.5, 0.6) is 0 Å². The van der Waals surface area contributed by atoms with Crippen LogP contribution in [0.1, 0.15) is 20.3 Å². The van der Waals surface area contributed by atoms with Crippen LogP contribution >= 0.6 is 0 Å². The number of rotatable bonds is 0. The molecule has 0 unspecified atom stereocenters. The molecule has 2 aliphatic rings. The average Bonchev–Trinajstić information content (AvgIpc) is 2.71. The molecule has 2 heteroatoms. The summed E-state index contributed by atoms with van der Waals surface area (Å²) in [5.41, 5.74) is 1.18. The number of nitrogens with zero attached hydrogens (tertiary/aromatic N) is 1. The minimum absolute atomic E-state index is 0.167. The molecule has 0 bridgehead atoms. The van der Waals surface area contributed by atoms with E-state index in [1.165, 1.54) is 0 Å². The molecule has 1 aliphatic heterocycles. The van der Waals surface area contributed by atoms with Crippen molar-refractivity contribution in [3.8, 4) is 0 Å². The second-order valence-electron chi connectivity index (χ2n) is 4.04. The first-order valence-electron chi connectivity index (χ1n) is 4.65. The molecule has 2 nitrogen and oxygen atoms in total. The van der Waals surface area contributed by atoms with E-state index >= 15 is 0 Å². The van der Waals surface area contributed by atoms with Gasteiger partial charge in [-0.3, -0.25) is 0 Å². The highest BCUT2D eigenvalue weighted by atomic mass is 16.5. The van der Waals surface area contributed by atoms with E-state index in [1.807, 2.05) is 13.0 Å². The fraction of sp³-hybridized carbons (Fsp3) is 0.545. The van der Waals surface area contributed by atoms with E-state index in [4.69, 9.17) is 4.74 Å². The van der Waals surface area contributed by atoms with E-state index in [1.54, 1.807) is 7.11 Å². The predicted octanol–water partition coefficient (Wildman–Crippen LogP) is 2.53. The van der Waals surface area contributed by atoms with Gasteiger partial charge in [-0.2, -0.15) is 0 Å². The molecular weight excluding hydrogens is 162 g/mol. The highest BCUT2D eigenvalue weighted by molar-refractivity contribution is 5.87. The van der Waals surface area contributed by atoms with Gasteiger partial charge in [-0.1, -0.05) is 19.1 Å². The molecule has 70 valence electrons. The number of aliphatic imine (C=N–C) groups is 1. The standard InChI is InChI=1S/C11H15NO/c1-8-5-4-6-9-7-11(9,2)10(12-8)13-3/h4-6,9H,7H2,1-3H3/b6-4-,8-5-,12-10?/t9-,11+/m0/s1. The van der Waals surface area contributed by atoms with Crippen molar-refractivity contribution in [1.29, 1.82) is 0 Å². The van der Waals surface area contributed by atoms with Gasteiger partial charge in [-0.05, 0) is 25.3 Å². The van der Waals surface area contributed by atoms with E-state index in [2.05, 4.69) is 24.1 Å². The molecule has 2 atom stereocenters. The lowest BCUT2D eigenvalue weighted by Crippen LogP contribution is -2.17. The number of methoxy groups -OCH3 is 1. The van der Waals surface area contributed by atoms with Crippen LogP contribution in [0.25, 0.3) is 0 Å². The van der Waals surface area contributed by atoms with Gasteiger partial charge in [0.15, 0.2) is 5.90 Å². The Bertz CT molecular complexity index is 314. The summed E-state index contributed by atoms with van der Waals surface area (Å²) in [7, 11) is 1.71. The molecule has 1 fully saturated rings. The Balaban J connectivity index is 2.37. The van der Waals surface area contributed by atoms with E-state index in [-0.39, 0.29) is 5.41 Å². The minimum Gasteiger partial charge on any atom is -0.484 e. The molecule has 0 radical (unpaired) electrons. The van der Waals surface area contributed by atoms with Crippen LogP contribution in [-0.2, 0) is 4.74 Å². The smallest absolute Gasteiger partial charge is 0.194 e. The maximum atomic E-state index is 5.33. The lowest BCUT2D eigenvalue weighted by Gasteiger charge is -2.13. The first kappa shape index (κ1) is 8.54. The first-order valence-corrected chi connectivity index (χ1v) is 4.65. The molecule has 0 spiro atoms. The summed E-state index contributed by atoms with van der Waals surface area (Å²) < 4.78 is 5.33. The summed E-state index contributed by atoms with van der Waals surface area (Å²) in [6, 6.07) is 0. The largest absolute Gasteiger partial charge is 0.484 e. The van der Waals surface area contributed by atoms with Gasteiger partial charge in [0, 0.05) is 5.70 Å². The van der Waals surface area contributed by atoms with Crippen molar-refractivity contribution in [3.05, 3.63) is 23.9 Å². The summed E-state index contributed by atoms with van der Waals surface area (Å²) in [6.45, 7) is 4.21. The van der Waals surface area contributed by atoms with Crippen molar-refractivity contribution in [1.82, 2.24) is 0 Å². The van der Waals surface area contributed by atoms with Crippen LogP contribution in [-0.4, -0.2) is 13.0 Å². The highest BCUT2D eigenvalue weighted by Gasteiger charge is 2.54. The molecule has 0 aromatic carbocycles. The van der Waals surface area contributed by atoms with Gasteiger partial charge in [0.25, 0.3) is 0 Å². The summed E-state index contributed by atoms with van der Waals surface area (Å²) >= 11 is 0. The second-order valence-corrected chi connectivity index (χ2v) is 4.04. The minimum atomic E-state index is 0.167. The van der Waals surface area contributed by atoms with Crippen LogP contribution in [0.3, 0.4) is 0 Å². The Morgan fingerprint density at radius 1 is 1.62 bits per heavy atom. The molecular formula is C11H15NO. The number of hydrogen-bond acceptors (Lipinski definition) is 2. The number of fused-ring (bicyclic) bond motifs is 1. The van der Waals surface area contributed by atoms with Crippen molar-refractivity contribution in [3.63, 3.8) is 0 Å². The molecule has 1 heterocycles. The van der Waals surface area contributed by atoms with Gasteiger partial charge in [-0.15, -0.1) is 0 Å². The van der Waals surface area contributed by atoms with Gasteiger partial charge < -0.3 is 4.74 Å². The van der Waals surface area contributed by atoms with Gasteiger partial charge >= 0.3 is 0 Å². The van der Waals surface area contributed by atoms with Gasteiger partial charge in [0.1, 0.15) is 0 Å². The van der Waals surface area contributed by atoms with Crippen molar-refractivity contribution in [2.24, 2.45) is 16.3 Å². The summed E-state index contributed by atoms with van der Waals surface area (Å²) in [6.07, 6.45) is 7.53. The lowest BCUT2D eigenvalue weighted by molar-refractivity contribution is 0.360. The average molecular weight is 177 g/mol. The number of ether oxygens (including phenoxy) is 1. The quantitative estimate of drug-likeness (QED) is 0.557. The summed E-state index contributed by atoms with van der Waals surface area (Å²) in [5, 5.41) is 0. The molecule has 2 rings (SSSR count). The van der Waals surface area contributed by atoms with Crippen molar-refractivity contribution in [2.45, 2.75) is 20.3 Å². The van der Waals surface area contributed by atoms with Crippen LogP contribution in [0.4, 0.5) is 0 Å². The third-order valence-corrected chi connectivity index (χ3v) is 2.94. The Labute approximate surface area is 79.0 Å². The normalized spacial score (nSPS) is 43.2. The Morgan fingerprint density at radius 3 is 3.08 bits per heavy atom. The third-order valence-electron chi connectivity index (χ3n) is 2.94. The van der Waals surface area contributed by atoms with Gasteiger partial charge in [0.2, 0.25) is 0 Å². The van der Waals surface area contributed by atoms with Crippen LogP contribution < -0.4 is 0 Å². The van der Waals surface area contributed by atoms with E-state index in [9.17, 15) is 0 Å². The maximum absolute atomic E-state index is 5.33. The van der Waals surface area contributed by atoms with E-state index < -0.39 is 0 Å². The summed E-state index contributed by atoms with van der Waals surface area (Å²) in [4.78, 5) is 4.45. The molecule has 0 N–H and O–H groups in total. The fourth-order valence-corrected chi connectivity index (χ4v) is 1.86. The third kappa shape index (κ3) is 1.30. The lowest BCUT2D eigenvalue weighted by atomic mass is 10.1. The predicted molar refractivity (Wildman–Crippen MR) is 53.6 cm³/mol. The summed E-state index contributed by atoms with van der Waals surface area (Å²) in [5.74, 6) is 1.51. The van der Waals surface area contributed by atoms with Crippen LogP contribution in [0.2, 0.25) is 0 Å². The van der Waals surface area contributed by atoms with Crippen molar-refractivity contribution >= 4 is 5.90 Å². The molecule has 1 saturated carbocycles. The number of allylic oxidation sites excluding steroid dienone is 4. The molecule has 13 heavy (non-hydrogen) atoms. The topological polar surface area (TPSA) is 21.6 Å². The Kier molecular flexibility index (Phi) is 1.79. The fourth-order valence-electron chi connectivity index (χ4n) is 1.86. The molecule has 0 amide bonds. The van der Waals surface area contributed by atoms with E-state index in [0.717, 1.165) is 18.0 Å². The van der Waals surface area contributed by atoms with Gasteiger partial charge in [0.05, 0.1) is 12.5 Å². The van der Waals surface area contributed by atoms with Crippen molar-refractivity contribution in [2.75, 3.05) is 7.11 Å². The number of hydrogen-bond donors (Lipinski definition) is 0.